The van der Waals surface area contributed by atoms with E-state index < -0.39 is 28.1 Å². The van der Waals surface area contributed by atoms with Gasteiger partial charge in [-0.25, -0.2) is 9.82 Å². The SMILES string of the molecule is COc1cc(/C=N/NC(=O)c2ccc(F)cc2)cc([N+](=O)[O-])c1O. The van der Waals surface area contributed by atoms with Gasteiger partial charge in [-0.05, 0) is 30.3 Å². The van der Waals surface area contributed by atoms with Crippen LogP contribution in [0.2, 0.25) is 0 Å². The van der Waals surface area contributed by atoms with E-state index in [0.717, 1.165) is 24.4 Å². The molecule has 2 N–H and O–H groups in total. The van der Waals surface area contributed by atoms with Crippen LogP contribution in [0.25, 0.3) is 0 Å². The molecule has 8 nitrogen and oxygen atoms in total. The molecule has 24 heavy (non-hydrogen) atoms. The third-order valence-electron chi connectivity index (χ3n) is 2.98. The van der Waals surface area contributed by atoms with Crippen molar-refractivity contribution in [1.29, 1.82) is 0 Å². The summed E-state index contributed by atoms with van der Waals surface area (Å²) in [7, 11) is 1.25. The Labute approximate surface area is 135 Å². The second-order valence-electron chi connectivity index (χ2n) is 4.55. The van der Waals surface area contributed by atoms with E-state index in [1.807, 2.05) is 0 Å². The summed E-state index contributed by atoms with van der Waals surface area (Å²) in [5.74, 6) is -1.75. The van der Waals surface area contributed by atoms with Gasteiger partial charge in [-0.1, -0.05) is 0 Å². The first-order chi connectivity index (χ1) is 11.4. The molecule has 0 radical (unpaired) electrons. The van der Waals surface area contributed by atoms with Crippen molar-refractivity contribution in [3.05, 3.63) is 63.5 Å². The average Bonchev–Trinajstić information content (AvgIpc) is 2.56. The van der Waals surface area contributed by atoms with E-state index in [1.165, 1.54) is 25.3 Å². The monoisotopic (exact) mass is 333 g/mol. The average molecular weight is 333 g/mol. The second-order valence-corrected chi connectivity index (χ2v) is 4.55. The molecule has 0 spiro atoms. The summed E-state index contributed by atoms with van der Waals surface area (Å²) in [6, 6.07) is 7.23. The molecule has 0 heterocycles. The number of hydrogen-bond donors (Lipinski definition) is 2. The van der Waals surface area contributed by atoms with Gasteiger partial charge in [0.05, 0.1) is 18.2 Å². The summed E-state index contributed by atoms with van der Waals surface area (Å²) >= 11 is 0. The highest BCUT2D eigenvalue weighted by Gasteiger charge is 2.19. The Morgan fingerprint density at radius 2 is 2.04 bits per heavy atom. The molecule has 0 saturated carbocycles. The van der Waals surface area contributed by atoms with E-state index >= 15 is 0 Å². The third-order valence-corrected chi connectivity index (χ3v) is 2.98. The number of aromatic hydroxyl groups is 1. The number of methoxy groups -OCH3 is 1. The number of hydrogen-bond acceptors (Lipinski definition) is 6. The van der Waals surface area contributed by atoms with Crippen molar-refractivity contribution in [2.24, 2.45) is 5.10 Å². The smallest absolute Gasteiger partial charge is 0.315 e. The van der Waals surface area contributed by atoms with Gasteiger partial charge in [0.2, 0.25) is 5.75 Å². The highest BCUT2D eigenvalue weighted by Crippen LogP contribution is 2.36. The second kappa shape index (κ2) is 7.18. The first kappa shape index (κ1) is 16.9. The fraction of sp³-hybridized carbons (Fsp3) is 0.0667. The van der Waals surface area contributed by atoms with Crippen LogP contribution in [-0.4, -0.2) is 29.3 Å². The number of ether oxygens (including phenoxy) is 1. The number of nitrogens with zero attached hydrogens (tertiary/aromatic N) is 2. The van der Waals surface area contributed by atoms with Crippen LogP contribution >= 0.6 is 0 Å². The molecule has 0 aromatic heterocycles. The van der Waals surface area contributed by atoms with Crippen molar-refractivity contribution in [3.8, 4) is 11.5 Å². The zero-order chi connectivity index (χ0) is 17.7. The molecule has 0 aliphatic rings. The molecule has 2 aromatic carbocycles. The number of nitro benzene ring substituents is 1. The van der Waals surface area contributed by atoms with E-state index in [9.17, 15) is 24.4 Å². The fourth-order valence-electron chi connectivity index (χ4n) is 1.81. The van der Waals surface area contributed by atoms with Crippen molar-refractivity contribution < 1.29 is 24.0 Å². The van der Waals surface area contributed by atoms with Crippen molar-refractivity contribution >= 4 is 17.8 Å². The maximum absolute atomic E-state index is 12.8. The van der Waals surface area contributed by atoms with Gasteiger partial charge in [0, 0.05) is 17.2 Å². The topological polar surface area (TPSA) is 114 Å². The number of carbonyl (C=O) groups excluding carboxylic acids is 1. The Hall–Kier alpha value is -3.49. The van der Waals surface area contributed by atoms with Crippen LogP contribution in [0, 0.1) is 15.9 Å². The molecular weight excluding hydrogens is 321 g/mol. The minimum Gasteiger partial charge on any atom is -0.500 e. The zero-order valence-electron chi connectivity index (χ0n) is 12.4. The number of hydrazone groups is 1. The van der Waals surface area contributed by atoms with E-state index in [0.29, 0.717) is 0 Å². The van der Waals surface area contributed by atoms with Gasteiger partial charge in [0.25, 0.3) is 5.91 Å². The minimum absolute atomic E-state index is 0.101. The molecule has 2 rings (SSSR count). The summed E-state index contributed by atoms with van der Waals surface area (Å²) in [6.07, 6.45) is 1.15. The van der Waals surface area contributed by atoms with Gasteiger partial charge < -0.3 is 9.84 Å². The summed E-state index contributed by atoms with van der Waals surface area (Å²) in [4.78, 5) is 21.9. The van der Waals surface area contributed by atoms with E-state index in [4.69, 9.17) is 4.74 Å². The third kappa shape index (κ3) is 3.83. The maximum Gasteiger partial charge on any atom is 0.315 e. The molecule has 124 valence electrons. The Kier molecular flexibility index (Phi) is 5.05. The lowest BCUT2D eigenvalue weighted by Gasteiger charge is -2.05. The zero-order valence-corrected chi connectivity index (χ0v) is 12.4. The maximum atomic E-state index is 12.8. The van der Waals surface area contributed by atoms with Gasteiger partial charge >= 0.3 is 5.69 Å². The Morgan fingerprint density at radius 1 is 1.38 bits per heavy atom. The predicted molar refractivity (Wildman–Crippen MR) is 82.8 cm³/mol. The van der Waals surface area contributed by atoms with Gasteiger partial charge in [-0.3, -0.25) is 14.9 Å². The first-order valence-electron chi connectivity index (χ1n) is 6.56. The molecule has 0 bridgehead atoms. The van der Waals surface area contributed by atoms with Crippen molar-refractivity contribution in [2.45, 2.75) is 0 Å². The molecule has 0 aliphatic carbocycles. The molecule has 9 heteroatoms. The van der Waals surface area contributed by atoms with Crippen molar-refractivity contribution in [2.75, 3.05) is 7.11 Å². The lowest BCUT2D eigenvalue weighted by Crippen LogP contribution is -2.17. The van der Waals surface area contributed by atoms with Gasteiger partial charge in [-0.2, -0.15) is 5.10 Å². The van der Waals surface area contributed by atoms with Crippen LogP contribution in [0.4, 0.5) is 10.1 Å². The number of phenolic OH excluding ortho intramolecular Hbond substituents is 1. The van der Waals surface area contributed by atoms with Crippen LogP contribution in [0.1, 0.15) is 15.9 Å². The number of amides is 1. The molecule has 0 unspecified atom stereocenters. The van der Waals surface area contributed by atoms with E-state index in [1.54, 1.807) is 0 Å². The van der Waals surface area contributed by atoms with E-state index in [-0.39, 0.29) is 16.9 Å². The van der Waals surface area contributed by atoms with Gasteiger partial charge in [0.1, 0.15) is 5.82 Å². The van der Waals surface area contributed by atoms with Crippen molar-refractivity contribution in [1.82, 2.24) is 5.43 Å². The highest BCUT2D eigenvalue weighted by atomic mass is 19.1. The Morgan fingerprint density at radius 3 is 2.62 bits per heavy atom. The molecule has 0 fully saturated rings. The van der Waals surface area contributed by atoms with Crippen LogP contribution in [-0.2, 0) is 0 Å². The number of halogens is 1. The summed E-state index contributed by atoms with van der Waals surface area (Å²) in [5.41, 5.74) is 2.08. The number of phenols is 1. The quantitative estimate of drug-likeness (QED) is 0.495. The number of nitrogens with one attached hydrogen (secondary N) is 1. The molecule has 0 atom stereocenters. The summed E-state index contributed by atoms with van der Waals surface area (Å²) < 4.78 is 17.6. The number of nitro groups is 1. The van der Waals surface area contributed by atoms with Gasteiger partial charge in [-0.15, -0.1) is 0 Å². The van der Waals surface area contributed by atoms with Crippen LogP contribution < -0.4 is 10.2 Å². The largest absolute Gasteiger partial charge is 0.500 e. The Bertz CT molecular complexity index is 806. The molecule has 2 aromatic rings. The number of rotatable bonds is 5. The molecule has 1 amide bonds. The van der Waals surface area contributed by atoms with Crippen LogP contribution in [0.5, 0.6) is 11.5 Å². The molecule has 0 saturated heterocycles. The van der Waals surface area contributed by atoms with Crippen molar-refractivity contribution in [3.63, 3.8) is 0 Å². The molecule has 0 aliphatic heterocycles. The van der Waals surface area contributed by atoms with Crippen LogP contribution in [0.15, 0.2) is 41.5 Å². The highest BCUT2D eigenvalue weighted by molar-refractivity contribution is 5.95. The van der Waals surface area contributed by atoms with Crippen LogP contribution in [0.3, 0.4) is 0 Å². The minimum atomic E-state index is -0.772. The lowest BCUT2D eigenvalue weighted by atomic mass is 10.2. The lowest BCUT2D eigenvalue weighted by molar-refractivity contribution is -0.386. The first-order valence-corrected chi connectivity index (χ1v) is 6.56. The number of carbonyl (C=O) groups is 1. The summed E-state index contributed by atoms with van der Waals surface area (Å²) in [5, 5.41) is 24.2. The standard InChI is InChI=1S/C15H12FN3O5/c1-24-13-7-9(6-12(14(13)20)19(22)23)8-17-18-15(21)10-2-4-11(16)5-3-10/h2-8,20H,1H3,(H,18,21)/b17-8+. The van der Waals surface area contributed by atoms with Gasteiger partial charge in [0.15, 0.2) is 5.75 Å². The number of benzene rings is 2. The normalized spacial score (nSPS) is 10.6. The summed E-state index contributed by atoms with van der Waals surface area (Å²) in [6.45, 7) is 0. The predicted octanol–water partition coefficient (Wildman–Crippen LogP) is 2.21. The Balaban J connectivity index is 2.16. The fourth-order valence-corrected chi connectivity index (χ4v) is 1.81. The van der Waals surface area contributed by atoms with E-state index in [2.05, 4.69) is 10.5 Å². The molecular formula is C15H12FN3O5.